The molecule has 1 heteroatoms. The smallest absolute Gasteiger partial charge is 0.0204 e. The van der Waals surface area contributed by atoms with Crippen molar-refractivity contribution in [2.75, 3.05) is 13.1 Å². The minimum absolute atomic E-state index is 0.280. The van der Waals surface area contributed by atoms with Crippen LogP contribution in [0, 0.1) is 0 Å². The normalized spacial score (nSPS) is 18.2. The third kappa shape index (κ3) is 2.84. The summed E-state index contributed by atoms with van der Waals surface area (Å²) in [5.74, 6) is 0. The van der Waals surface area contributed by atoms with Crippen molar-refractivity contribution in [1.29, 1.82) is 0 Å². The van der Waals surface area contributed by atoms with E-state index in [1.165, 1.54) is 18.5 Å². The Morgan fingerprint density at radius 1 is 1.11 bits per heavy atom. The zero-order chi connectivity index (χ0) is 13.2. The van der Waals surface area contributed by atoms with Crippen LogP contribution in [0.3, 0.4) is 0 Å². The van der Waals surface area contributed by atoms with E-state index in [-0.39, 0.29) is 5.54 Å². The summed E-state index contributed by atoms with van der Waals surface area (Å²) >= 11 is 0. The quantitative estimate of drug-likeness (QED) is 0.746. The molecule has 0 fully saturated rings. The second-order valence-electron chi connectivity index (χ2n) is 6.14. The molecule has 0 aliphatic carbocycles. The van der Waals surface area contributed by atoms with Gasteiger partial charge in [0.2, 0.25) is 0 Å². The highest BCUT2D eigenvalue weighted by Crippen LogP contribution is 2.31. The van der Waals surface area contributed by atoms with Crippen LogP contribution in [0.4, 0.5) is 0 Å². The minimum Gasteiger partial charge on any atom is -0.294 e. The van der Waals surface area contributed by atoms with E-state index in [9.17, 15) is 0 Å². The van der Waals surface area contributed by atoms with Gasteiger partial charge in [-0.3, -0.25) is 4.90 Å². The monoisotopic (exact) mass is 243 g/mol. The fourth-order valence-corrected chi connectivity index (χ4v) is 2.71. The summed E-state index contributed by atoms with van der Waals surface area (Å²) in [6.07, 6.45) is 2.35. The molecule has 0 saturated carbocycles. The molecule has 0 saturated heterocycles. The van der Waals surface area contributed by atoms with E-state index in [1.807, 2.05) is 0 Å². The van der Waals surface area contributed by atoms with Crippen molar-refractivity contribution < 1.29 is 0 Å². The molecule has 1 nitrogen and oxygen atoms in total. The molecule has 18 heavy (non-hydrogen) atoms. The number of hydrogen-bond donors (Lipinski definition) is 0. The average Bonchev–Trinajstić information content (AvgIpc) is 2.38. The highest BCUT2D eigenvalue weighted by molar-refractivity contribution is 5.69. The average molecular weight is 243 g/mol. The molecule has 1 heterocycles. The summed E-state index contributed by atoms with van der Waals surface area (Å²) in [5, 5.41) is 0. The van der Waals surface area contributed by atoms with E-state index in [0.29, 0.717) is 0 Å². The Balaban J connectivity index is 2.28. The Hall–Kier alpha value is -1.08. The van der Waals surface area contributed by atoms with Gasteiger partial charge < -0.3 is 0 Å². The van der Waals surface area contributed by atoms with Crippen LogP contribution in [0.15, 0.2) is 35.9 Å². The van der Waals surface area contributed by atoms with Crippen molar-refractivity contribution in [3.8, 4) is 0 Å². The van der Waals surface area contributed by atoms with Crippen molar-refractivity contribution >= 4 is 5.57 Å². The molecule has 0 atom stereocenters. The van der Waals surface area contributed by atoms with E-state index in [2.05, 4.69) is 62.9 Å². The van der Waals surface area contributed by atoms with Gasteiger partial charge in [0.25, 0.3) is 0 Å². The molecular weight excluding hydrogens is 218 g/mol. The molecule has 1 aromatic carbocycles. The molecule has 1 aromatic rings. The van der Waals surface area contributed by atoms with E-state index in [1.54, 1.807) is 11.1 Å². The van der Waals surface area contributed by atoms with Crippen LogP contribution in [-0.4, -0.2) is 23.5 Å². The van der Waals surface area contributed by atoms with Gasteiger partial charge in [0.1, 0.15) is 0 Å². The van der Waals surface area contributed by atoms with Gasteiger partial charge in [-0.1, -0.05) is 42.8 Å². The van der Waals surface area contributed by atoms with Gasteiger partial charge in [-0.05, 0) is 44.7 Å². The second kappa shape index (κ2) is 5.27. The molecule has 0 amide bonds. The van der Waals surface area contributed by atoms with E-state index in [0.717, 1.165) is 13.0 Å². The van der Waals surface area contributed by atoms with Crippen LogP contribution in [0.5, 0.6) is 0 Å². The molecule has 2 rings (SSSR count). The van der Waals surface area contributed by atoms with Gasteiger partial charge in [-0.15, -0.1) is 0 Å². The standard InChI is InChI=1S/C17H25N/c1-5-14-13-18(17(2,3)4)12-11-16(14)15-9-7-6-8-10-15/h6-10H,5,11-13H2,1-4H3. The van der Waals surface area contributed by atoms with Crippen LogP contribution in [-0.2, 0) is 0 Å². The Kier molecular flexibility index (Phi) is 3.91. The second-order valence-corrected chi connectivity index (χ2v) is 6.14. The summed E-state index contributed by atoms with van der Waals surface area (Å²) in [7, 11) is 0. The molecule has 0 unspecified atom stereocenters. The van der Waals surface area contributed by atoms with Gasteiger partial charge in [-0.25, -0.2) is 0 Å². The lowest BCUT2D eigenvalue weighted by Gasteiger charge is -2.40. The lowest BCUT2D eigenvalue weighted by molar-refractivity contribution is 0.147. The zero-order valence-electron chi connectivity index (χ0n) is 12.2. The van der Waals surface area contributed by atoms with E-state index in [4.69, 9.17) is 0 Å². The topological polar surface area (TPSA) is 3.24 Å². The van der Waals surface area contributed by atoms with Crippen LogP contribution >= 0.6 is 0 Å². The molecule has 1 aliphatic rings. The molecular formula is C17H25N. The summed E-state index contributed by atoms with van der Waals surface area (Å²) in [5.41, 5.74) is 4.90. The first kappa shape index (κ1) is 13.4. The van der Waals surface area contributed by atoms with Crippen LogP contribution in [0.1, 0.15) is 46.1 Å². The Morgan fingerprint density at radius 2 is 1.78 bits per heavy atom. The van der Waals surface area contributed by atoms with Gasteiger partial charge >= 0.3 is 0 Å². The Bertz CT molecular complexity index is 423. The number of benzene rings is 1. The van der Waals surface area contributed by atoms with Gasteiger partial charge in [-0.2, -0.15) is 0 Å². The number of nitrogens with zero attached hydrogens (tertiary/aromatic N) is 1. The molecule has 0 bridgehead atoms. The predicted molar refractivity (Wildman–Crippen MR) is 79.6 cm³/mol. The summed E-state index contributed by atoms with van der Waals surface area (Å²) < 4.78 is 0. The van der Waals surface area contributed by atoms with Crippen molar-refractivity contribution in [3.63, 3.8) is 0 Å². The maximum atomic E-state index is 2.60. The number of hydrogen-bond acceptors (Lipinski definition) is 1. The molecule has 0 spiro atoms. The van der Waals surface area contributed by atoms with Crippen LogP contribution < -0.4 is 0 Å². The summed E-state index contributed by atoms with van der Waals surface area (Å²) in [6.45, 7) is 11.5. The highest BCUT2D eigenvalue weighted by atomic mass is 15.2. The van der Waals surface area contributed by atoms with Crippen LogP contribution in [0.2, 0.25) is 0 Å². The fraction of sp³-hybridized carbons (Fsp3) is 0.529. The SMILES string of the molecule is CCC1=C(c2ccccc2)CCN(C(C)(C)C)C1. The van der Waals surface area contributed by atoms with E-state index >= 15 is 0 Å². The fourth-order valence-electron chi connectivity index (χ4n) is 2.71. The largest absolute Gasteiger partial charge is 0.294 e. The van der Waals surface area contributed by atoms with Crippen molar-refractivity contribution in [3.05, 3.63) is 41.5 Å². The Morgan fingerprint density at radius 3 is 2.33 bits per heavy atom. The van der Waals surface area contributed by atoms with Crippen molar-refractivity contribution in [2.24, 2.45) is 0 Å². The molecule has 0 radical (unpaired) electrons. The first-order chi connectivity index (χ1) is 8.52. The van der Waals surface area contributed by atoms with Gasteiger partial charge in [0.05, 0.1) is 0 Å². The first-order valence-electron chi connectivity index (χ1n) is 7.03. The molecule has 1 aliphatic heterocycles. The molecule has 0 aromatic heterocycles. The molecule has 98 valence electrons. The minimum atomic E-state index is 0.280. The van der Waals surface area contributed by atoms with Crippen molar-refractivity contribution in [1.82, 2.24) is 4.90 Å². The third-order valence-electron chi connectivity index (χ3n) is 3.94. The molecule has 0 N–H and O–H groups in total. The maximum Gasteiger partial charge on any atom is 0.0204 e. The predicted octanol–water partition coefficient (Wildman–Crippen LogP) is 4.35. The summed E-state index contributed by atoms with van der Waals surface area (Å²) in [6, 6.07) is 10.9. The third-order valence-corrected chi connectivity index (χ3v) is 3.94. The van der Waals surface area contributed by atoms with Gasteiger partial charge in [0.15, 0.2) is 0 Å². The van der Waals surface area contributed by atoms with Crippen molar-refractivity contribution in [2.45, 2.75) is 46.1 Å². The van der Waals surface area contributed by atoms with Crippen LogP contribution in [0.25, 0.3) is 5.57 Å². The lowest BCUT2D eigenvalue weighted by Crippen LogP contribution is -2.45. The first-order valence-corrected chi connectivity index (χ1v) is 7.03. The van der Waals surface area contributed by atoms with E-state index < -0.39 is 0 Å². The Labute approximate surface area is 112 Å². The highest BCUT2D eigenvalue weighted by Gasteiger charge is 2.26. The number of rotatable bonds is 2. The van der Waals surface area contributed by atoms with Gasteiger partial charge in [0, 0.05) is 18.6 Å². The summed E-state index contributed by atoms with van der Waals surface area (Å²) in [4.78, 5) is 2.60. The lowest BCUT2D eigenvalue weighted by atomic mass is 9.90. The maximum absolute atomic E-state index is 2.60. The zero-order valence-corrected chi connectivity index (χ0v) is 12.2.